The van der Waals surface area contributed by atoms with E-state index in [4.69, 9.17) is 25.8 Å². The number of rotatable bonds is 7. The van der Waals surface area contributed by atoms with Crippen molar-refractivity contribution in [1.82, 2.24) is 5.32 Å². The second-order valence-electron chi connectivity index (χ2n) is 7.71. The fourth-order valence-electron chi connectivity index (χ4n) is 2.48. The lowest BCUT2D eigenvalue weighted by atomic mass is 10.1. The molecule has 32 heavy (non-hydrogen) atoms. The average molecular weight is 483 g/mol. The molecule has 0 saturated heterocycles. The van der Waals surface area contributed by atoms with E-state index in [0.717, 1.165) is 24.0 Å². The minimum absolute atomic E-state index is 0.0292. The number of anilines is 1. The Bertz CT molecular complexity index is 840. The van der Waals surface area contributed by atoms with Gasteiger partial charge in [-0.1, -0.05) is 17.7 Å². The Morgan fingerprint density at radius 3 is 2.22 bits per heavy atom. The number of alkyl halides is 4. The van der Waals surface area contributed by atoms with Gasteiger partial charge in [0.2, 0.25) is 0 Å². The number of nitrogens with one attached hydrogen (secondary N) is 1. The van der Waals surface area contributed by atoms with Gasteiger partial charge in [-0.3, -0.25) is 19.8 Å². The Labute approximate surface area is 188 Å². The van der Waals surface area contributed by atoms with E-state index in [0.29, 0.717) is 6.07 Å². The summed E-state index contributed by atoms with van der Waals surface area (Å²) in [6.45, 7) is 6.97. The van der Waals surface area contributed by atoms with Crippen LogP contribution in [0.4, 0.5) is 23.7 Å². The molecule has 1 rings (SSSR count). The molecule has 2 atom stereocenters. The third-order valence-corrected chi connectivity index (χ3v) is 3.76. The second kappa shape index (κ2) is 10.9. The minimum Gasteiger partial charge on any atom is -0.459 e. The van der Waals surface area contributed by atoms with Crippen molar-refractivity contribution in [2.45, 2.75) is 58.2 Å². The maximum atomic E-state index is 13.3. The van der Waals surface area contributed by atoms with Crippen LogP contribution < -0.4 is 10.2 Å². The number of halogens is 4. The lowest BCUT2D eigenvalue weighted by Gasteiger charge is -2.27. The predicted molar refractivity (Wildman–Crippen MR) is 110 cm³/mol. The SMILES string of the molecule is CC(=O)OC(NCC(=O)OC(C)(C)C)c1ccc(C(F)(F)F)cc1N(C)C(=O)OC(C)Cl. The Kier molecular flexibility index (Phi) is 9.34. The summed E-state index contributed by atoms with van der Waals surface area (Å²) < 4.78 is 55.0. The smallest absolute Gasteiger partial charge is 0.416 e. The highest BCUT2D eigenvalue weighted by Gasteiger charge is 2.34. The van der Waals surface area contributed by atoms with Crippen LogP contribution in [0.15, 0.2) is 18.2 Å². The Balaban J connectivity index is 3.38. The van der Waals surface area contributed by atoms with Gasteiger partial charge in [0.1, 0.15) is 5.60 Å². The summed E-state index contributed by atoms with van der Waals surface area (Å²) in [6.07, 6.45) is -7.12. The Hall–Kier alpha value is -2.53. The van der Waals surface area contributed by atoms with Crippen LogP contribution in [-0.4, -0.2) is 42.8 Å². The lowest BCUT2D eigenvalue weighted by molar-refractivity contribution is -0.157. The van der Waals surface area contributed by atoms with Gasteiger partial charge in [-0.15, -0.1) is 0 Å². The highest BCUT2D eigenvalue weighted by atomic mass is 35.5. The van der Waals surface area contributed by atoms with E-state index in [2.05, 4.69) is 5.32 Å². The predicted octanol–water partition coefficient (Wildman–Crippen LogP) is 4.36. The van der Waals surface area contributed by atoms with Crippen LogP contribution in [0.25, 0.3) is 0 Å². The first-order valence-corrected chi connectivity index (χ1v) is 9.87. The lowest BCUT2D eigenvalue weighted by Crippen LogP contribution is -2.36. The summed E-state index contributed by atoms with van der Waals surface area (Å²) in [7, 11) is 1.17. The summed E-state index contributed by atoms with van der Waals surface area (Å²) in [5.41, 5.74) is -3.18. The molecule has 0 aliphatic heterocycles. The summed E-state index contributed by atoms with van der Waals surface area (Å²) >= 11 is 5.63. The molecule has 0 radical (unpaired) electrons. The molecule has 1 aromatic carbocycles. The van der Waals surface area contributed by atoms with E-state index < -0.39 is 53.7 Å². The molecule has 0 heterocycles. The fourth-order valence-corrected chi connectivity index (χ4v) is 2.56. The van der Waals surface area contributed by atoms with Gasteiger partial charge in [-0.2, -0.15) is 13.2 Å². The van der Waals surface area contributed by atoms with Crippen molar-refractivity contribution in [3.63, 3.8) is 0 Å². The van der Waals surface area contributed by atoms with E-state index in [9.17, 15) is 27.6 Å². The van der Waals surface area contributed by atoms with E-state index in [1.165, 1.54) is 14.0 Å². The first kappa shape index (κ1) is 27.5. The average Bonchev–Trinajstić information content (AvgIpc) is 2.61. The molecular formula is C20H26ClF3N2O6. The summed E-state index contributed by atoms with van der Waals surface area (Å²) in [5, 5.41) is 2.62. The van der Waals surface area contributed by atoms with Crippen molar-refractivity contribution >= 4 is 35.3 Å². The van der Waals surface area contributed by atoms with Gasteiger partial charge in [-0.25, -0.2) is 4.79 Å². The zero-order chi connectivity index (χ0) is 24.9. The number of nitrogens with zero attached hydrogens (tertiary/aromatic N) is 1. The molecule has 0 spiro atoms. The summed E-state index contributed by atoms with van der Waals surface area (Å²) in [6, 6.07) is 2.48. The molecule has 0 aliphatic carbocycles. The van der Waals surface area contributed by atoms with Crippen LogP contribution >= 0.6 is 11.6 Å². The Morgan fingerprint density at radius 1 is 1.16 bits per heavy atom. The highest BCUT2D eigenvalue weighted by Crippen LogP contribution is 2.36. The molecule has 180 valence electrons. The van der Waals surface area contributed by atoms with Gasteiger partial charge >= 0.3 is 24.2 Å². The Morgan fingerprint density at radius 2 is 1.75 bits per heavy atom. The van der Waals surface area contributed by atoms with Crippen molar-refractivity contribution in [1.29, 1.82) is 0 Å². The van der Waals surface area contributed by atoms with Crippen molar-refractivity contribution in [2.24, 2.45) is 0 Å². The molecule has 0 bridgehead atoms. The molecule has 8 nitrogen and oxygen atoms in total. The van der Waals surface area contributed by atoms with Gasteiger partial charge in [-0.05, 0) is 39.8 Å². The van der Waals surface area contributed by atoms with Crippen LogP contribution in [0.2, 0.25) is 0 Å². The first-order chi connectivity index (χ1) is 14.5. The minimum atomic E-state index is -4.71. The molecule has 2 unspecified atom stereocenters. The van der Waals surface area contributed by atoms with Crippen molar-refractivity contribution in [3.8, 4) is 0 Å². The molecule has 1 aromatic rings. The second-order valence-corrected chi connectivity index (χ2v) is 8.33. The number of ether oxygens (including phenoxy) is 3. The summed E-state index contributed by atoms with van der Waals surface area (Å²) in [4.78, 5) is 36.7. The molecule has 1 amide bonds. The number of hydrogen-bond acceptors (Lipinski definition) is 7. The maximum absolute atomic E-state index is 13.3. The van der Waals surface area contributed by atoms with Crippen molar-refractivity contribution in [2.75, 3.05) is 18.5 Å². The van der Waals surface area contributed by atoms with Crippen molar-refractivity contribution < 1.29 is 41.8 Å². The molecule has 12 heteroatoms. The molecule has 0 saturated carbocycles. The fraction of sp³-hybridized carbons (Fsp3) is 0.550. The number of amides is 1. The highest BCUT2D eigenvalue weighted by molar-refractivity contribution is 6.20. The van der Waals surface area contributed by atoms with Crippen LogP contribution in [0.5, 0.6) is 0 Å². The van der Waals surface area contributed by atoms with Crippen LogP contribution in [0.1, 0.15) is 52.0 Å². The van der Waals surface area contributed by atoms with Gasteiger partial charge < -0.3 is 14.2 Å². The monoisotopic (exact) mass is 482 g/mol. The van der Waals surface area contributed by atoms with E-state index in [-0.39, 0.29) is 11.3 Å². The van der Waals surface area contributed by atoms with E-state index >= 15 is 0 Å². The van der Waals surface area contributed by atoms with Gasteiger partial charge in [0.25, 0.3) is 0 Å². The third-order valence-electron chi connectivity index (χ3n) is 3.67. The van der Waals surface area contributed by atoms with E-state index in [1.54, 1.807) is 20.8 Å². The standard InChI is InChI=1S/C20H26ClF3N2O6/c1-11(21)30-18(29)26(6)15-9-13(20(22,23)24)7-8-14(15)17(31-12(2)27)25-10-16(28)32-19(3,4)5/h7-9,11,17,25H,10H2,1-6H3. The van der Waals surface area contributed by atoms with E-state index in [1.807, 2.05) is 0 Å². The zero-order valence-corrected chi connectivity index (χ0v) is 19.3. The number of esters is 2. The first-order valence-electron chi connectivity index (χ1n) is 9.43. The van der Waals surface area contributed by atoms with Crippen LogP contribution in [0.3, 0.4) is 0 Å². The molecule has 0 aromatic heterocycles. The molecule has 0 fully saturated rings. The maximum Gasteiger partial charge on any atom is 0.416 e. The zero-order valence-electron chi connectivity index (χ0n) is 18.5. The normalized spacial score (nSPS) is 13.7. The van der Waals surface area contributed by atoms with Gasteiger partial charge in [0.15, 0.2) is 11.8 Å². The molecule has 0 aliphatic rings. The quantitative estimate of drug-likeness (QED) is 0.267. The number of carbonyl (C=O) groups is 3. The largest absolute Gasteiger partial charge is 0.459 e. The number of hydrogen-bond donors (Lipinski definition) is 1. The molecule has 1 N–H and O–H groups in total. The van der Waals surface area contributed by atoms with Crippen LogP contribution in [-0.2, 0) is 30.0 Å². The van der Waals surface area contributed by atoms with Crippen LogP contribution in [0, 0.1) is 0 Å². The van der Waals surface area contributed by atoms with Crippen molar-refractivity contribution in [3.05, 3.63) is 29.3 Å². The third kappa shape index (κ3) is 8.91. The topological polar surface area (TPSA) is 94.2 Å². The summed E-state index contributed by atoms with van der Waals surface area (Å²) in [5.74, 6) is -1.47. The number of benzene rings is 1. The van der Waals surface area contributed by atoms with Gasteiger partial charge in [0.05, 0.1) is 17.8 Å². The van der Waals surface area contributed by atoms with Gasteiger partial charge in [0, 0.05) is 19.5 Å². The molecular weight excluding hydrogens is 457 g/mol. The number of carbonyl (C=O) groups excluding carboxylic acids is 3.